The number of pyridine rings is 1. The summed E-state index contributed by atoms with van der Waals surface area (Å²) in [5.74, 6) is 0.859. The highest BCUT2D eigenvalue weighted by Crippen LogP contribution is 2.51. The fourth-order valence-corrected chi connectivity index (χ4v) is 5.15. The monoisotopic (exact) mass is 429 g/mol. The van der Waals surface area contributed by atoms with E-state index in [9.17, 15) is 19.2 Å². The molecule has 158 valence electrons. The lowest BCUT2D eigenvalue weighted by Gasteiger charge is -2.32. The summed E-state index contributed by atoms with van der Waals surface area (Å²) < 4.78 is 21.2. The van der Waals surface area contributed by atoms with Gasteiger partial charge in [-0.2, -0.15) is 10.6 Å². The maximum Gasteiger partial charge on any atom is 0.270 e. The topological polar surface area (TPSA) is 138 Å². The molecule has 0 fully saturated rings. The molecule has 2 aromatic carbocycles. The molecule has 0 aliphatic carbocycles. The van der Waals surface area contributed by atoms with Crippen LogP contribution in [-0.2, 0) is 6.54 Å². The Kier molecular flexibility index (Phi) is 5.48. The molecule has 0 bridgehead atoms. The zero-order valence-corrected chi connectivity index (χ0v) is 17.0. The van der Waals surface area contributed by atoms with E-state index in [4.69, 9.17) is 10.7 Å². The van der Waals surface area contributed by atoms with Crippen LogP contribution >= 0.6 is 10.6 Å². The largest absolute Gasteiger partial charge is 0.383 e. The highest BCUT2D eigenvalue weighted by atomic mass is 32.3. The van der Waals surface area contributed by atoms with Gasteiger partial charge in [0.1, 0.15) is 5.82 Å². The van der Waals surface area contributed by atoms with Gasteiger partial charge in [-0.15, -0.1) is 0 Å². The average Bonchev–Trinajstić information content (AvgIpc) is 2.87. The Bertz CT molecular complexity index is 1110. The molecule has 3 aromatic rings. The molecule has 1 aliphatic heterocycles. The molecule has 30 heavy (non-hydrogen) atoms. The first-order chi connectivity index (χ1) is 14.4. The molecule has 2 heterocycles. The minimum absolute atomic E-state index is 0.00880. The predicted molar refractivity (Wildman–Crippen MR) is 119 cm³/mol. The summed E-state index contributed by atoms with van der Waals surface area (Å²) in [6, 6.07) is 13.7. The van der Waals surface area contributed by atoms with E-state index in [2.05, 4.69) is 5.32 Å². The van der Waals surface area contributed by atoms with Gasteiger partial charge in [-0.3, -0.25) is 19.2 Å². The van der Waals surface area contributed by atoms with E-state index in [1.54, 1.807) is 18.2 Å². The van der Waals surface area contributed by atoms with Crippen LogP contribution in [-0.4, -0.2) is 44.4 Å². The Balaban J connectivity index is 1.79. The van der Waals surface area contributed by atoms with Crippen LogP contribution < -0.4 is 16.0 Å². The minimum atomic E-state index is -2.88. The molecule has 0 spiro atoms. The molecule has 0 saturated heterocycles. The van der Waals surface area contributed by atoms with Crippen LogP contribution in [0.1, 0.15) is 5.56 Å². The maximum absolute atomic E-state index is 11.2. The number of aromatic nitrogens is 1. The molecule has 9 nitrogen and oxygen atoms in total. The van der Waals surface area contributed by atoms with Gasteiger partial charge in [0, 0.05) is 55.5 Å². The van der Waals surface area contributed by atoms with Crippen molar-refractivity contribution < 1.29 is 14.0 Å². The van der Waals surface area contributed by atoms with Crippen molar-refractivity contribution in [3.63, 3.8) is 0 Å². The van der Waals surface area contributed by atoms with Gasteiger partial charge in [-0.25, -0.2) is 4.98 Å². The molecule has 0 unspecified atom stereocenters. The van der Waals surface area contributed by atoms with Crippen molar-refractivity contribution >= 4 is 38.7 Å². The van der Waals surface area contributed by atoms with E-state index in [1.807, 2.05) is 23.1 Å². The smallest absolute Gasteiger partial charge is 0.270 e. The van der Waals surface area contributed by atoms with E-state index in [0.717, 1.165) is 5.56 Å². The van der Waals surface area contributed by atoms with E-state index >= 15 is 0 Å². The normalized spacial score (nSPS) is 16.6. The van der Waals surface area contributed by atoms with Crippen molar-refractivity contribution in [3.8, 4) is 0 Å². The van der Waals surface area contributed by atoms with E-state index < -0.39 is 15.5 Å². The summed E-state index contributed by atoms with van der Waals surface area (Å²) in [6.45, 7) is 1.81. The van der Waals surface area contributed by atoms with Gasteiger partial charge >= 0.3 is 0 Å². The third-order valence-corrected chi connectivity index (χ3v) is 6.96. The van der Waals surface area contributed by atoms with Crippen LogP contribution in [0.4, 0.5) is 17.2 Å². The number of nitrogens with two attached hydrogens (primary N) is 1. The minimum Gasteiger partial charge on any atom is -0.383 e. The third-order valence-electron chi connectivity index (χ3n) is 5.11. The molecular weight excluding hydrogens is 406 g/mol. The summed E-state index contributed by atoms with van der Waals surface area (Å²) in [7, 11) is -2.88. The number of hydrogen-bond acceptors (Lipinski definition) is 8. The van der Waals surface area contributed by atoms with E-state index in [0.29, 0.717) is 53.5 Å². The van der Waals surface area contributed by atoms with Crippen molar-refractivity contribution in [2.45, 2.75) is 11.4 Å². The van der Waals surface area contributed by atoms with Crippen molar-refractivity contribution in [2.75, 3.05) is 35.6 Å². The van der Waals surface area contributed by atoms with Gasteiger partial charge in [0.25, 0.3) is 5.69 Å². The van der Waals surface area contributed by atoms with Gasteiger partial charge in [-0.05, 0) is 17.7 Å². The number of nitrogens with zero attached hydrogens (tertiary/aromatic N) is 3. The Labute approximate surface area is 175 Å². The molecule has 5 N–H and O–H groups in total. The molecule has 1 aliphatic rings. The van der Waals surface area contributed by atoms with Crippen LogP contribution in [0.5, 0.6) is 0 Å². The Hall–Kier alpha value is -2.92. The molecule has 0 atom stereocenters. The van der Waals surface area contributed by atoms with Gasteiger partial charge in [0.15, 0.2) is 0 Å². The van der Waals surface area contributed by atoms with Crippen molar-refractivity contribution in [3.05, 3.63) is 64.2 Å². The Morgan fingerprint density at radius 1 is 1.23 bits per heavy atom. The number of nitro benzene ring substituents is 1. The Morgan fingerprint density at radius 2 is 2.03 bits per heavy atom. The first-order valence-corrected chi connectivity index (χ1v) is 11.2. The van der Waals surface area contributed by atoms with Crippen LogP contribution in [0.3, 0.4) is 0 Å². The quantitative estimate of drug-likeness (QED) is 0.356. The number of benzene rings is 2. The Morgan fingerprint density at radius 3 is 2.80 bits per heavy atom. The van der Waals surface area contributed by atoms with E-state index in [-0.39, 0.29) is 11.4 Å². The molecule has 0 radical (unpaired) electrons. The first-order valence-electron chi connectivity index (χ1n) is 9.51. The van der Waals surface area contributed by atoms with Crippen molar-refractivity contribution in [1.82, 2.24) is 4.98 Å². The lowest BCUT2D eigenvalue weighted by Crippen LogP contribution is -2.26. The summed E-state index contributed by atoms with van der Waals surface area (Å²) in [6.07, 6.45) is 0. The van der Waals surface area contributed by atoms with Gasteiger partial charge < -0.3 is 16.0 Å². The second-order valence-corrected chi connectivity index (χ2v) is 9.28. The first kappa shape index (κ1) is 20.4. The number of nitrogens with one attached hydrogen (secondary N) is 1. The second kappa shape index (κ2) is 8.07. The summed E-state index contributed by atoms with van der Waals surface area (Å²) in [4.78, 5) is 18.0. The second-order valence-electron chi connectivity index (χ2n) is 7.10. The van der Waals surface area contributed by atoms with Gasteiger partial charge in [0.05, 0.1) is 21.1 Å². The highest BCUT2D eigenvalue weighted by Gasteiger charge is 2.26. The molecule has 4 rings (SSSR count). The van der Waals surface area contributed by atoms with E-state index in [1.165, 1.54) is 12.1 Å². The molecule has 0 saturated carbocycles. The zero-order chi connectivity index (χ0) is 21.3. The molecule has 0 amide bonds. The fraction of sp³-hybridized carbons (Fsp3) is 0.250. The SMILES string of the molecule is NCCNc1cc(N2CCS(O)(O)c3ccccc3C2)nc2ccc([N+](=O)[O-])cc12. The number of nitro groups is 1. The number of hydrogen-bond donors (Lipinski definition) is 4. The van der Waals surface area contributed by atoms with Crippen molar-refractivity contribution in [1.29, 1.82) is 0 Å². The van der Waals surface area contributed by atoms with Crippen LogP contribution in [0, 0.1) is 10.1 Å². The van der Waals surface area contributed by atoms with Gasteiger partial charge in [-0.1, -0.05) is 18.2 Å². The van der Waals surface area contributed by atoms with Crippen LogP contribution in [0.15, 0.2) is 53.4 Å². The summed E-state index contributed by atoms with van der Waals surface area (Å²) in [5, 5.41) is 15.1. The van der Waals surface area contributed by atoms with Crippen LogP contribution in [0.25, 0.3) is 10.9 Å². The number of rotatable bonds is 5. The zero-order valence-electron chi connectivity index (χ0n) is 16.2. The summed E-state index contributed by atoms with van der Waals surface area (Å²) >= 11 is 0. The molecule has 1 aromatic heterocycles. The fourth-order valence-electron chi connectivity index (χ4n) is 3.61. The molecular formula is C20H23N5O4S. The van der Waals surface area contributed by atoms with Crippen molar-refractivity contribution in [2.24, 2.45) is 5.73 Å². The van der Waals surface area contributed by atoms with Crippen LogP contribution in [0.2, 0.25) is 0 Å². The number of anilines is 2. The summed E-state index contributed by atoms with van der Waals surface area (Å²) in [5.41, 5.74) is 7.78. The third kappa shape index (κ3) is 3.90. The van der Waals surface area contributed by atoms with Gasteiger partial charge in [0.2, 0.25) is 0 Å². The lowest BCUT2D eigenvalue weighted by molar-refractivity contribution is -0.384. The number of fused-ring (bicyclic) bond motifs is 2. The maximum atomic E-state index is 11.2. The standard InChI is InChI=1S/C20H23N5O4S/c21-7-8-22-18-12-20(23-17-6-5-15(25(26)27)11-16(17)18)24-9-10-30(28,29)19-4-2-1-3-14(19)13-24/h1-6,11-12,28-29H,7-10,13,21H2,(H,22,23). The lowest BCUT2D eigenvalue weighted by atomic mass is 10.1. The molecule has 10 heteroatoms. The predicted octanol–water partition coefficient (Wildman–Crippen LogP) is 3.64. The number of non-ortho nitro benzene ring substituents is 1. The average molecular weight is 430 g/mol. The highest BCUT2D eigenvalue weighted by molar-refractivity contribution is 8.24.